The van der Waals surface area contributed by atoms with Crippen LogP contribution in [0.4, 0.5) is 5.82 Å². The van der Waals surface area contributed by atoms with Crippen molar-refractivity contribution in [2.75, 3.05) is 11.1 Å². The Hall–Kier alpha value is -3.05. The number of rotatable bonds is 8. The number of hydrogen-bond acceptors (Lipinski definition) is 9. The minimum Gasteiger partial charge on any atom is -0.390 e. The van der Waals surface area contributed by atoms with Crippen LogP contribution in [0.25, 0.3) is 22.3 Å². The average molecular weight is 519 g/mol. The van der Waals surface area contributed by atoms with Crippen molar-refractivity contribution in [2.45, 2.75) is 67.7 Å². The second kappa shape index (κ2) is 10.0. The van der Waals surface area contributed by atoms with Gasteiger partial charge in [-0.25, -0.2) is 14.6 Å². The molecule has 37 heavy (non-hydrogen) atoms. The fraction of sp³-hybridized carbons (Fsp3) is 0.407. The SMILES string of the molecule is CCCSc1nc(NC2CC2c2cccc(-c3ccccc3)c2)c2nnn(C3CC(O)C(O)C3O)c2n1. The standard InChI is InChI=1S/C27H30N6O3S/c1-2-11-37-27-29-25(22-26(30-27)33(32-31-22)20-14-21(34)24(36)23(20)35)28-19-13-18(19)17-10-6-9-16(12-17)15-7-4-3-5-8-15/h3-10,12,18-21,23-24,34-36H,2,11,13-14H2,1H3,(H,28,29,30). The van der Waals surface area contributed by atoms with E-state index in [1.54, 1.807) is 11.8 Å². The summed E-state index contributed by atoms with van der Waals surface area (Å²) in [5.41, 5.74) is 4.70. The van der Waals surface area contributed by atoms with Crippen LogP contribution in [0.5, 0.6) is 0 Å². The lowest BCUT2D eigenvalue weighted by Crippen LogP contribution is -2.31. The lowest BCUT2D eigenvalue weighted by molar-refractivity contribution is -0.0253. The zero-order chi connectivity index (χ0) is 25.5. The topological polar surface area (TPSA) is 129 Å². The van der Waals surface area contributed by atoms with E-state index in [-0.39, 0.29) is 12.5 Å². The second-order valence-electron chi connectivity index (χ2n) is 9.85. The Balaban J connectivity index is 1.28. The molecule has 0 aliphatic heterocycles. The highest BCUT2D eigenvalue weighted by molar-refractivity contribution is 7.99. The summed E-state index contributed by atoms with van der Waals surface area (Å²) in [4.78, 5) is 9.45. The number of aromatic nitrogens is 5. The number of benzene rings is 2. The molecule has 0 spiro atoms. The lowest BCUT2D eigenvalue weighted by Gasteiger charge is -2.16. The Bertz CT molecular complexity index is 1400. The Kier molecular flexibility index (Phi) is 6.58. The van der Waals surface area contributed by atoms with Crippen molar-refractivity contribution >= 4 is 28.7 Å². The van der Waals surface area contributed by atoms with E-state index in [4.69, 9.17) is 4.98 Å². The molecule has 0 amide bonds. The first-order chi connectivity index (χ1) is 18.0. The second-order valence-corrected chi connectivity index (χ2v) is 10.9. The average Bonchev–Trinajstić information content (AvgIpc) is 3.49. The predicted octanol–water partition coefficient (Wildman–Crippen LogP) is 3.39. The Morgan fingerprint density at radius 1 is 0.973 bits per heavy atom. The maximum atomic E-state index is 10.5. The van der Waals surface area contributed by atoms with Gasteiger partial charge in [0.15, 0.2) is 22.1 Å². The molecule has 4 aromatic rings. The number of nitrogens with one attached hydrogen (secondary N) is 1. The van der Waals surface area contributed by atoms with Gasteiger partial charge in [-0.3, -0.25) is 0 Å². The zero-order valence-electron chi connectivity index (χ0n) is 20.5. The van der Waals surface area contributed by atoms with Gasteiger partial charge in [-0.2, -0.15) is 0 Å². The summed E-state index contributed by atoms with van der Waals surface area (Å²) in [6, 6.07) is 18.6. The van der Waals surface area contributed by atoms with Gasteiger partial charge in [0, 0.05) is 24.1 Å². The molecular formula is C27H30N6O3S. The first kappa shape index (κ1) is 24.3. The van der Waals surface area contributed by atoms with Crippen molar-refractivity contribution in [1.29, 1.82) is 0 Å². The number of aliphatic hydroxyl groups is 3. The highest BCUT2D eigenvalue weighted by Gasteiger charge is 2.44. The van der Waals surface area contributed by atoms with Crippen LogP contribution in [0.3, 0.4) is 0 Å². The van der Waals surface area contributed by atoms with E-state index in [1.807, 2.05) is 6.07 Å². The lowest BCUT2D eigenvalue weighted by atomic mass is 10.0. The Morgan fingerprint density at radius 3 is 2.54 bits per heavy atom. The van der Waals surface area contributed by atoms with Crippen molar-refractivity contribution < 1.29 is 15.3 Å². The maximum absolute atomic E-state index is 10.5. The third-order valence-corrected chi connectivity index (χ3v) is 8.26. The minimum atomic E-state index is -1.23. The van der Waals surface area contributed by atoms with Crippen LogP contribution in [0.15, 0.2) is 59.8 Å². The normalized spacial score (nSPS) is 27.0. The molecule has 10 heteroatoms. The van der Waals surface area contributed by atoms with Crippen molar-refractivity contribution in [1.82, 2.24) is 25.0 Å². The van der Waals surface area contributed by atoms with Crippen molar-refractivity contribution in [2.24, 2.45) is 0 Å². The number of fused-ring (bicyclic) bond motifs is 1. The van der Waals surface area contributed by atoms with E-state index in [9.17, 15) is 15.3 Å². The third kappa shape index (κ3) is 4.70. The van der Waals surface area contributed by atoms with Gasteiger partial charge in [0.05, 0.1) is 12.1 Å². The van der Waals surface area contributed by atoms with Crippen molar-refractivity contribution in [3.63, 3.8) is 0 Å². The summed E-state index contributed by atoms with van der Waals surface area (Å²) in [7, 11) is 0. The molecule has 2 aromatic heterocycles. The molecule has 9 nitrogen and oxygen atoms in total. The monoisotopic (exact) mass is 518 g/mol. The van der Waals surface area contributed by atoms with Crippen molar-refractivity contribution in [3.8, 4) is 11.1 Å². The summed E-state index contributed by atoms with van der Waals surface area (Å²) in [5.74, 6) is 1.85. The van der Waals surface area contributed by atoms with E-state index >= 15 is 0 Å². The number of aliphatic hydroxyl groups excluding tert-OH is 3. The fourth-order valence-electron chi connectivity index (χ4n) is 5.10. The summed E-state index contributed by atoms with van der Waals surface area (Å²) in [6.45, 7) is 2.10. The Morgan fingerprint density at radius 2 is 1.78 bits per heavy atom. The molecule has 0 bridgehead atoms. The van der Waals surface area contributed by atoms with Crippen LogP contribution in [-0.2, 0) is 0 Å². The largest absolute Gasteiger partial charge is 0.390 e. The number of thioether (sulfide) groups is 1. The van der Waals surface area contributed by atoms with Crippen LogP contribution in [0.2, 0.25) is 0 Å². The zero-order valence-corrected chi connectivity index (χ0v) is 21.3. The number of nitrogens with zero attached hydrogens (tertiary/aromatic N) is 5. The van der Waals surface area contributed by atoms with Crippen LogP contribution in [0, 0.1) is 0 Å². The molecule has 2 aliphatic carbocycles. The summed E-state index contributed by atoms with van der Waals surface area (Å²) >= 11 is 1.56. The van der Waals surface area contributed by atoms with Gasteiger partial charge in [0.1, 0.15) is 12.2 Å². The molecule has 6 unspecified atom stereocenters. The van der Waals surface area contributed by atoms with Gasteiger partial charge < -0.3 is 20.6 Å². The minimum absolute atomic E-state index is 0.174. The van der Waals surface area contributed by atoms with Crippen LogP contribution in [0.1, 0.15) is 43.7 Å². The molecule has 4 N–H and O–H groups in total. The smallest absolute Gasteiger partial charge is 0.191 e. The fourth-order valence-corrected chi connectivity index (χ4v) is 5.79. The van der Waals surface area contributed by atoms with Crippen LogP contribution in [-0.4, -0.2) is 70.4 Å². The summed E-state index contributed by atoms with van der Waals surface area (Å²) in [6.07, 6.45) is -1.26. The Labute approximate surface area is 219 Å². The molecule has 2 aromatic carbocycles. The maximum Gasteiger partial charge on any atom is 0.191 e. The van der Waals surface area contributed by atoms with Gasteiger partial charge in [0.25, 0.3) is 0 Å². The summed E-state index contributed by atoms with van der Waals surface area (Å²) < 4.78 is 1.52. The van der Waals surface area contributed by atoms with E-state index in [2.05, 4.69) is 76.1 Å². The van der Waals surface area contributed by atoms with Crippen molar-refractivity contribution in [3.05, 3.63) is 60.2 Å². The van der Waals surface area contributed by atoms with Gasteiger partial charge in [-0.05, 0) is 29.5 Å². The van der Waals surface area contributed by atoms with E-state index in [0.717, 1.165) is 18.6 Å². The highest BCUT2D eigenvalue weighted by atomic mass is 32.2. The molecule has 0 saturated heterocycles. The third-order valence-electron chi connectivity index (χ3n) is 7.21. The first-order valence-electron chi connectivity index (χ1n) is 12.8. The van der Waals surface area contributed by atoms with Crippen LogP contribution >= 0.6 is 11.8 Å². The molecular weight excluding hydrogens is 488 g/mol. The van der Waals surface area contributed by atoms with Gasteiger partial charge in [-0.15, -0.1) is 5.10 Å². The van der Waals surface area contributed by atoms with E-state index < -0.39 is 24.4 Å². The number of hydrogen-bond donors (Lipinski definition) is 4. The molecule has 6 rings (SSSR count). The van der Waals surface area contributed by atoms with Gasteiger partial charge in [0.2, 0.25) is 0 Å². The summed E-state index contributed by atoms with van der Waals surface area (Å²) in [5, 5.41) is 43.4. The quantitative estimate of drug-likeness (QED) is 0.205. The highest BCUT2D eigenvalue weighted by Crippen LogP contribution is 2.44. The van der Waals surface area contributed by atoms with Gasteiger partial charge >= 0.3 is 0 Å². The molecule has 6 atom stereocenters. The van der Waals surface area contributed by atoms with E-state index in [1.165, 1.54) is 21.4 Å². The van der Waals surface area contributed by atoms with Crippen LogP contribution < -0.4 is 5.32 Å². The van der Waals surface area contributed by atoms with Gasteiger partial charge in [-0.1, -0.05) is 78.5 Å². The molecule has 2 saturated carbocycles. The van der Waals surface area contributed by atoms with E-state index in [0.29, 0.717) is 28.1 Å². The molecule has 2 fully saturated rings. The first-order valence-corrected chi connectivity index (χ1v) is 13.7. The molecule has 192 valence electrons. The molecule has 2 aliphatic rings. The molecule has 2 heterocycles. The predicted molar refractivity (Wildman–Crippen MR) is 142 cm³/mol. The number of anilines is 1. The molecule has 0 radical (unpaired) electrons.